The molecule has 0 saturated heterocycles. The number of nitrogens with zero attached hydrogens (tertiary/aromatic N) is 1. The van der Waals surface area contributed by atoms with Crippen molar-refractivity contribution in [1.29, 1.82) is 0 Å². The summed E-state index contributed by atoms with van der Waals surface area (Å²) in [5, 5.41) is 10.1. The maximum Gasteiger partial charge on any atom is 0.258 e. The van der Waals surface area contributed by atoms with Crippen LogP contribution in [0.1, 0.15) is 37.2 Å². The van der Waals surface area contributed by atoms with Crippen molar-refractivity contribution in [2.45, 2.75) is 31.6 Å². The molecule has 0 atom stereocenters. The topological polar surface area (TPSA) is 66.0 Å². The Labute approximate surface area is 111 Å². The molecule has 3 rings (SSSR count). The molecular weight excluding hydrogens is 240 g/mol. The number of rotatable bonds is 2. The van der Waals surface area contributed by atoms with Crippen molar-refractivity contribution in [3.05, 3.63) is 46.2 Å². The molecule has 2 aromatic rings. The highest BCUT2D eigenvalue weighted by Gasteiger charge is 2.24. The number of benzene rings is 1. The van der Waals surface area contributed by atoms with Crippen LogP contribution in [-0.4, -0.2) is 15.1 Å². The first-order chi connectivity index (χ1) is 9.25. The molecule has 1 aliphatic rings. The minimum atomic E-state index is -0.210. The van der Waals surface area contributed by atoms with Crippen LogP contribution in [0.4, 0.5) is 0 Å². The van der Waals surface area contributed by atoms with Gasteiger partial charge in [-0.2, -0.15) is 4.98 Å². The fourth-order valence-electron chi connectivity index (χ4n) is 2.79. The zero-order chi connectivity index (χ0) is 13.2. The van der Waals surface area contributed by atoms with Gasteiger partial charge >= 0.3 is 0 Å². The van der Waals surface area contributed by atoms with Crippen molar-refractivity contribution in [1.82, 2.24) is 9.97 Å². The molecule has 0 bridgehead atoms. The number of H-pyrrole nitrogens is 1. The van der Waals surface area contributed by atoms with Crippen LogP contribution in [0.5, 0.6) is 5.88 Å². The van der Waals surface area contributed by atoms with E-state index in [1.54, 1.807) is 0 Å². The van der Waals surface area contributed by atoms with Gasteiger partial charge in [-0.3, -0.25) is 4.79 Å². The van der Waals surface area contributed by atoms with Crippen molar-refractivity contribution in [3.63, 3.8) is 0 Å². The molecule has 1 saturated carbocycles. The Morgan fingerprint density at radius 2 is 1.84 bits per heavy atom. The Bertz CT molecular complexity index is 628. The van der Waals surface area contributed by atoms with Crippen LogP contribution in [0, 0.1) is 0 Å². The highest BCUT2D eigenvalue weighted by atomic mass is 16.3. The Kier molecular flexibility index (Phi) is 3.07. The summed E-state index contributed by atoms with van der Waals surface area (Å²) < 4.78 is 0. The molecule has 0 radical (unpaired) electrons. The number of aromatic hydroxyl groups is 1. The Balaban J connectivity index is 2.05. The van der Waals surface area contributed by atoms with Crippen LogP contribution in [0.25, 0.3) is 11.4 Å². The van der Waals surface area contributed by atoms with Crippen LogP contribution in [0.3, 0.4) is 0 Å². The molecule has 1 aromatic heterocycles. The van der Waals surface area contributed by atoms with Crippen LogP contribution < -0.4 is 5.56 Å². The summed E-state index contributed by atoms with van der Waals surface area (Å²) >= 11 is 0. The lowest BCUT2D eigenvalue weighted by atomic mass is 10.00. The van der Waals surface area contributed by atoms with Gasteiger partial charge in [0.05, 0.1) is 5.56 Å². The molecule has 1 heterocycles. The van der Waals surface area contributed by atoms with Crippen molar-refractivity contribution in [2.75, 3.05) is 0 Å². The SMILES string of the molecule is O=c1[nH]c(-c2ccccc2)nc(O)c1C1CCCC1. The van der Waals surface area contributed by atoms with Gasteiger partial charge in [0.2, 0.25) is 5.88 Å². The van der Waals surface area contributed by atoms with Gasteiger partial charge in [-0.15, -0.1) is 0 Å². The average molecular weight is 256 g/mol. The van der Waals surface area contributed by atoms with E-state index in [1.807, 2.05) is 30.3 Å². The highest BCUT2D eigenvalue weighted by Crippen LogP contribution is 2.35. The van der Waals surface area contributed by atoms with E-state index in [0.717, 1.165) is 31.2 Å². The second-order valence-corrected chi connectivity index (χ2v) is 5.00. The molecular formula is C15H16N2O2. The standard InChI is InChI=1S/C15H16N2O2/c18-14-12(10-6-4-5-7-10)15(19)17-13(16-14)11-8-2-1-3-9-11/h1-3,8-10H,4-7H2,(H2,16,17,18,19). The van der Waals surface area contributed by atoms with Gasteiger partial charge in [0.25, 0.3) is 5.56 Å². The van der Waals surface area contributed by atoms with Gasteiger partial charge in [-0.1, -0.05) is 43.2 Å². The van der Waals surface area contributed by atoms with Gasteiger partial charge < -0.3 is 10.1 Å². The zero-order valence-corrected chi connectivity index (χ0v) is 10.6. The third kappa shape index (κ3) is 2.26. The van der Waals surface area contributed by atoms with E-state index in [0.29, 0.717) is 11.4 Å². The van der Waals surface area contributed by atoms with Gasteiger partial charge in [0.1, 0.15) is 5.82 Å². The zero-order valence-electron chi connectivity index (χ0n) is 10.6. The quantitative estimate of drug-likeness (QED) is 0.868. The molecule has 4 nitrogen and oxygen atoms in total. The van der Waals surface area contributed by atoms with Gasteiger partial charge in [0.15, 0.2) is 0 Å². The highest BCUT2D eigenvalue weighted by molar-refractivity contribution is 5.55. The molecule has 0 amide bonds. The number of nitrogens with one attached hydrogen (secondary N) is 1. The minimum absolute atomic E-state index is 0.116. The first-order valence-electron chi connectivity index (χ1n) is 6.64. The van der Waals surface area contributed by atoms with E-state index in [9.17, 15) is 9.90 Å². The predicted octanol–water partition coefficient (Wildman–Crippen LogP) is 2.80. The lowest BCUT2D eigenvalue weighted by Crippen LogP contribution is -2.17. The van der Waals surface area contributed by atoms with Crippen LogP contribution in [0.15, 0.2) is 35.1 Å². The van der Waals surface area contributed by atoms with Crippen molar-refractivity contribution < 1.29 is 5.11 Å². The van der Waals surface area contributed by atoms with Gasteiger partial charge in [-0.05, 0) is 18.8 Å². The first kappa shape index (κ1) is 12.0. The van der Waals surface area contributed by atoms with E-state index < -0.39 is 0 Å². The molecule has 19 heavy (non-hydrogen) atoms. The van der Waals surface area contributed by atoms with Gasteiger partial charge in [-0.25, -0.2) is 0 Å². The molecule has 1 fully saturated rings. The molecule has 4 heteroatoms. The number of aromatic nitrogens is 2. The van der Waals surface area contributed by atoms with Gasteiger partial charge in [0, 0.05) is 5.56 Å². The number of aromatic amines is 1. The van der Waals surface area contributed by atoms with E-state index in [4.69, 9.17) is 0 Å². The Hall–Kier alpha value is -2.10. The smallest absolute Gasteiger partial charge is 0.258 e. The minimum Gasteiger partial charge on any atom is -0.493 e. The Morgan fingerprint density at radius 1 is 1.16 bits per heavy atom. The molecule has 98 valence electrons. The molecule has 0 spiro atoms. The number of hydrogen-bond donors (Lipinski definition) is 2. The van der Waals surface area contributed by atoms with Crippen LogP contribution >= 0.6 is 0 Å². The molecule has 2 N–H and O–H groups in total. The van der Waals surface area contributed by atoms with E-state index in [-0.39, 0.29) is 17.4 Å². The van der Waals surface area contributed by atoms with E-state index in [2.05, 4.69) is 9.97 Å². The number of hydrogen-bond acceptors (Lipinski definition) is 3. The van der Waals surface area contributed by atoms with E-state index >= 15 is 0 Å². The summed E-state index contributed by atoms with van der Waals surface area (Å²) in [6.07, 6.45) is 4.15. The fourth-order valence-corrected chi connectivity index (χ4v) is 2.79. The predicted molar refractivity (Wildman–Crippen MR) is 73.2 cm³/mol. The van der Waals surface area contributed by atoms with Crippen molar-refractivity contribution >= 4 is 0 Å². The summed E-state index contributed by atoms with van der Waals surface area (Å²) in [6.45, 7) is 0. The van der Waals surface area contributed by atoms with Crippen LogP contribution in [-0.2, 0) is 0 Å². The first-order valence-corrected chi connectivity index (χ1v) is 6.64. The second kappa shape index (κ2) is 4.88. The normalized spacial score (nSPS) is 15.8. The monoisotopic (exact) mass is 256 g/mol. The summed E-state index contributed by atoms with van der Waals surface area (Å²) in [4.78, 5) is 19.1. The summed E-state index contributed by atoms with van der Waals surface area (Å²) in [5.74, 6) is 0.459. The maximum absolute atomic E-state index is 12.2. The van der Waals surface area contributed by atoms with E-state index in [1.165, 1.54) is 0 Å². The average Bonchev–Trinajstić information content (AvgIpc) is 2.93. The second-order valence-electron chi connectivity index (χ2n) is 5.00. The summed E-state index contributed by atoms with van der Waals surface area (Å²) in [7, 11) is 0. The Morgan fingerprint density at radius 3 is 2.47 bits per heavy atom. The molecule has 1 aliphatic carbocycles. The maximum atomic E-state index is 12.2. The molecule has 1 aromatic carbocycles. The summed E-state index contributed by atoms with van der Waals surface area (Å²) in [5.41, 5.74) is 1.04. The third-order valence-corrected chi connectivity index (χ3v) is 3.75. The summed E-state index contributed by atoms with van der Waals surface area (Å²) in [6, 6.07) is 9.35. The van der Waals surface area contributed by atoms with Crippen molar-refractivity contribution in [3.8, 4) is 17.3 Å². The fraction of sp³-hybridized carbons (Fsp3) is 0.333. The van der Waals surface area contributed by atoms with Crippen LogP contribution in [0.2, 0.25) is 0 Å². The lowest BCUT2D eigenvalue weighted by Gasteiger charge is -2.11. The van der Waals surface area contributed by atoms with Crippen molar-refractivity contribution in [2.24, 2.45) is 0 Å². The largest absolute Gasteiger partial charge is 0.493 e. The molecule has 0 unspecified atom stereocenters. The molecule has 0 aliphatic heterocycles. The third-order valence-electron chi connectivity index (χ3n) is 3.75. The lowest BCUT2D eigenvalue weighted by molar-refractivity contribution is 0.436.